The van der Waals surface area contributed by atoms with Gasteiger partial charge in [-0.3, -0.25) is 0 Å². The van der Waals surface area contributed by atoms with Gasteiger partial charge in [0.2, 0.25) is 0 Å². The van der Waals surface area contributed by atoms with Gasteiger partial charge in [0, 0.05) is 15.7 Å². The molecule has 106 valence electrons. The number of aliphatic hydroxyl groups is 1. The first-order valence-corrected chi connectivity index (χ1v) is 7.91. The zero-order valence-corrected chi connectivity index (χ0v) is 12.9. The Hall–Kier alpha value is -1.45. The average molecular weight is 288 g/mol. The lowest BCUT2D eigenvalue weighted by Gasteiger charge is -2.18. The molecule has 1 unspecified atom stereocenters. The summed E-state index contributed by atoms with van der Waals surface area (Å²) in [4.78, 5) is 1.57. The minimum Gasteiger partial charge on any atom is -0.393 e. The summed E-state index contributed by atoms with van der Waals surface area (Å²) in [5.41, 5.74) is 2.10. The van der Waals surface area contributed by atoms with Gasteiger partial charge < -0.3 is 5.11 Å². The fourth-order valence-corrected chi connectivity index (χ4v) is 3.38. The summed E-state index contributed by atoms with van der Waals surface area (Å²) in [5, 5.41) is 9.79. The molecular formula is C17H20O2S. The Bertz CT molecular complexity index is 603. The quantitative estimate of drug-likeness (QED) is 0.932. The first-order valence-electron chi connectivity index (χ1n) is 6.76. The molecule has 0 aliphatic heterocycles. The molecule has 0 saturated carbocycles. The van der Waals surface area contributed by atoms with Gasteiger partial charge in [0.1, 0.15) is 0 Å². The van der Waals surface area contributed by atoms with Crippen molar-refractivity contribution >= 4 is 10.8 Å². The van der Waals surface area contributed by atoms with Gasteiger partial charge in [-0.15, -0.1) is 0 Å². The van der Waals surface area contributed by atoms with Crippen molar-refractivity contribution in [2.45, 2.75) is 42.6 Å². The van der Waals surface area contributed by atoms with Crippen LogP contribution in [0.3, 0.4) is 0 Å². The molecule has 0 heterocycles. The maximum absolute atomic E-state index is 12.7. The smallest absolute Gasteiger partial charge is 0.0852 e. The molecule has 0 saturated heterocycles. The second-order valence-electron chi connectivity index (χ2n) is 5.15. The summed E-state index contributed by atoms with van der Waals surface area (Å²) < 4.78 is 12.7. The molecule has 0 aliphatic rings. The van der Waals surface area contributed by atoms with Gasteiger partial charge in [-0.05, 0) is 37.6 Å². The highest BCUT2D eigenvalue weighted by molar-refractivity contribution is 7.85. The largest absolute Gasteiger partial charge is 0.393 e. The Labute approximate surface area is 122 Å². The van der Waals surface area contributed by atoms with E-state index in [2.05, 4.69) is 0 Å². The lowest BCUT2D eigenvalue weighted by Crippen LogP contribution is -2.13. The van der Waals surface area contributed by atoms with E-state index in [9.17, 15) is 9.32 Å². The molecule has 2 aromatic carbocycles. The highest BCUT2D eigenvalue weighted by atomic mass is 32.2. The predicted octanol–water partition coefficient (Wildman–Crippen LogP) is 3.65. The summed E-state index contributed by atoms with van der Waals surface area (Å²) in [6.07, 6.45) is -0.467. The fourth-order valence-electron chi connectivity index (χ4n) is 2.07. The summed E-state index contributed by atoms with van der Waals surface area (Å²) in [7, 11) is -1.21. The summed E-state index contributed by atoms with van der Waals surface area (Å²) >= 11 is 0. The van der Waals surface area contributed by atoms with Gasteiger partial charge in [0.05, 0.1) is 16.9 Å². The van der Waals surface area contributed by atoms with E-state index in [1.807, 2.05) is 62.4 Å². The molecule has 0 fully saturated rings. The monoisotopic (exact) mass is 288 g/mol. The van der Waals surface area contributed by atoms with Crippen LogP contribution in [-0.4, -0.2) is 15.4 Å². The van der Waals surface area contributed by atoms with Crippen LogP contribution < -0.4 is 0 Å². The van der Waals surface area contributed by atoms with Crippen LogP contribution in [0.1, 0.15) is 30.9 Å². The second-order valence-corrected chi connectivity index (χ2v) is 6.60. The van der Waals surface area contributed by atoms with Crippen LogP contribution in [0.15, 0.2) is 58.3 Å². The van der Waals surface area contributed by atoms with Gasteiger partial charge in [-0.25, -0.2) is 4.21 Å². The standard InChI is InChI=1S/C17H20O2S/c1-12-8-10-15(11-9-12)20(19)17-7-5-4-6-16(17)13(2)14(3)18/h4-11,13-14,18H,1-3H3/t13-,14-,20?/m0/s1. The van der Waals surface area contributed by atoms with Gasteiger partial charge in [-0.1, -0.05) is 42.8 Å². The molecule has 0 aromatic heterocycles. The molecule has 0 bridgehead atoms. The average Bonchev–Trinajstić information content (AvgIpc) is 2.46. The highest BCUT2D eigenvalue weighted by Gasteiger charge is 2.19. The van der Waals surface area contributed by atoms with Crippen LogP contribution in [0.5, 0.6) is 0 Å². The van der Waals surface area contributed by atoms with Crippen LogP contribution in [0.25, 0.3) is 0 Å². The zero-order chi connectivity index (χ0) is 14.7. The number of hydrogen-bond acceptors (Lipinski definition) is 2. The molecule has 2 nitrogen and oxygen atoms in total. The molecule has 2 aromatic rings. The maximum atomic E-state index is 12.7. The molecule has 3 atom stereocenters. The van der Waals surface area contributed by atoms with Crippen molar-refractivity contribution in [2.75, 3.05) is 0 Å². The van der Waals surface area contributed by atoms with Gasteiger partial charge >= 0.3 is 0 Å². The molecular weight excluding hydrogens is 268 g/mol. The third kappa shape index (κ3) is 3.17. The van der Waals surface area contributed by atoms with E-state index in [4.69, 9.17) is 0 Å². The van der Waals surface area contributed by atoms with E-state index in [0.717, 1.165) is 20.9 Å². The number of aliphatic hydroxyl groups excluding tert-OH is 1. The van der Waals surface area contributed by atoms with Crippen LogP contribution in [0.4, 0.5) is 0 Å². The first kappa shape index (κ1) is 14.9. The van der Waals surface area contributed by atoms with Crippen molar-refractivity contribution < 1.29 is 9.32 Å². The molecule has 0 aliphatic carbocycles. The SMILES string of the molecule is Cc1ccc(S(=O)c2ccccc2[C@@H](C)[C@H](C)O)cc1. The van der Waals surface area contributed by atoms with Crippen LogP contribution in [0, 0.1) is 6.92 Å². The molecule has 0 amide bonds. The number of benzene rings is 2. The lowest BCUT2D eigenvalue weighted by atomic mass is 9.96. The third-order valence-electron chi connectivity index (χ3n) is 3.57. The minimum absolute atomic E-state index is 0.0411. The Morgan fingerprint density at radius 2 is 1.60 bits per heavy atom. The second kappa shape index (κ2) is 6.33. The van der Waals surface area contributed by atoms with Gasteiger partial charge in [0.25, 0.3) is 0 Å². The zero-order valence-electron chi connectivity index (χ0n) is 12.0. The summed E-state index contributed by atoms with van der Waals surface area (Å²) in [6.45, 7) is 5.72. The Morgan fingerprint density at radius 1 is 1.00 bits per heavy atom. The third-order valence-corrected chi connectivity index (χ3v) is 5.04. The van der Waals surface area contributed by atoms with Gasteiger partial charge in [0.15, 0.2) is 0 Å². The Balaban J connectivity index is 2.42. The number of hydrogen-bond donors (Lipinski definition) is 1. The van der Waals surface area contributed by atoms with Crippen molar-refractivity contribution in [2.24, 2.45) is 0 Å². The van der Waals surface area contributed by atoms with Crippen molar-refractivity contribution in [3.63, 3.8) is 0 Å². The molecule has 2 rings (SSSR count). The molecule has 20 heavy (non-hydrogen) atoms. The summed E-state index contributed by atoms with van der Waals surface area (Å²) in [5.74, 6) is -0.0411. The van der Waals surface area contributed by atoms with Crippen LogP contribution in [-0.2, 0) is 10.8 Å². The van der Waals surface area contributed by atoms with Crippen molar-refractivity contribution in [3.05, 3.63) is 59.7 Å². The Morgan fingerprint density at radius 3 is 2.20 bits per heavy atom. The van der Waals surface area contributed by atoms with Crippen molar-refractivity contribution in [1.82, 2.24) is 0 Å². The predicted molar refractivity (Wildman–Crippen MR) is 82.4 cm³/mol. The molecule has 0 spiro atoms. The normalized spacial score (nSPS) is 15.6. The van der Waals surface area contributed by atoms with E-state index < -0.39 is 16.9 Å². The van der Waals surface area contributed by atoms with E-state index >= 15 is 0 Å². The number of aryl methyl sites for hydroxylation is 1. The maximum Gasteiger partial charge on any atom is 0.0852 e. The van der Waals surface area contributed by atoms with Crippen molar-refractivity contribution in [1.29, 1.82) is 0 Å². The highest BCUT2D eigenvalue weighted by Crippen LogP contribution is 2.28. The van der Waals surface area contributed by atoms with Crippen LogP contribution >= 0.6 is 0 Å². The minimum atomic E-state index is -1.21. The Kier molecular flexibility index (Phi) is 4.73. The molecule has 3 heteroatoms. The lowest BCUT2D eigenvalue weighted by molar-refractivity contribution is 0.168. The van der Waals surface area contributed by atoms with Gasteiger partial charge in [-0.2, -0.15) is 0 Å². The van der Waals surface area contributed by atoms with E-state index in [1.165, 1.54) is 0 Å². The first-order chi connectivity index (χ1) is 9.50. The summed E-state index contributed by atoms with van der Waals surface area (Å²) in [6, 6.07) is 15.4. The van der Waals surface area contributed by atoms with E-state index in [1.54, 1.807) is 6.92 Å². The van der Waals surface area contributed by atoms with E-state index in [0.29, 0.717) is 0 Å². The van der Waals surface area contributed by atoms with Crippen molar-refractivity contribution in [3.8, 4) is 0 Å². The molecule has 1 N–H and O–H groups in total. The van der Waals surface area contributed by atoms with E-state index in [-0.39, 0.29) is 5.92 Å². The number of rotatable bonds is 4. The van der Waals surface area contributed by atoms with Crippen LogP contribution in [0.2, 0.25) is 0 Å². The molecule has 0 radical (unpaired) electrons. The topological polar surface area (TPSA) is 37.3 Å². The fraction of sp³-hybridized carbons (Fsp3) is 0.294.